The van der Waals surface area contributed by atoms with Crippen molar-refractivity contribution in [3.8, 4) is 33.4 Å². The first-order chi connectivity index (χ1) is 35.0. The molecule has 1 aromatic heterocycles. The molecule has 0 unspecified atom stereocenters. The summed E-state index contributed by atoms with van der Waals surface area (Å²) in [7, 11) is 0. The molecule has 9 aromatic carbocycles. The van der Waals surface area contributed by atoms with E-state index in [-0.39, 0.29) is 0 Å². The molecular weight excluding hydrogens is 569 g/mol. The monoisotopic (exact) mass is 624 g/mol. The molecular formula is C46H28O. The minimum atomic E-state index is -1.10. The van der Waals surface area contributed by atoms with Gasteiger partial charge < -0.3 is 4.42 Å². The van der Waals surface area contributed by atoms with Crippen LogP contribution in [0.4, 0.5) is 0 Å². The predicted molar refractivity (Wildman–Crippen MR) is 200 cm³/mol. The highest BCUT2D eigenvalue weighted by Crippen LogP contribution is 2.45. The van der Waals surface area contributed by atoms with E-state index < -0.39 is 268 Å². The van der Waals surface area contributed by atoms with Gasteiger partial charge in [0.25, 0.3) is 0 Å². The van der Waals surface area contributed by atoms with Crippen LogP contribution in [0.1, 0.15) is 38.4 Å². The van der Waals surface area contributed by atoms with Crippen LogP contribution in [0.15, 0.2) is 174 Å². The largest absolute Gasteiger partial charge is 0.455 e. The molecule has 10 rings (SSSR count). The molecule has 47 heavy (non-hydrogen) atoms. The van der Waals surface area contributed by atoms with Crippen molar-refractivity contribution in [2.24, 2.45) is 0 Å². The lowest BCUT2D eigenvalue weighted by molar-refractivity contribution is 0.673. The molecule has 0 spiro atoms. The maximum atomic E-state index is 9.67. The van der Waals surface area contributed by atoms with Crippen molar-refractivity contribution in [2.75, 3.05) is 0 Å². The average Bonchev–Trinajstić information content (AvgIpc) is 3.77. The molecule has 10 aromatic rings. The van der Waals surface area contributed by atoms with Gasteiger partial charge in [-0.2, -0.15) is 0 Å². The molecule has 0 saturated carbocycles. The molecule has 0 N–H and O–H groups in total. The van der Waals surface area contributed by atoms with Crippen LogP contribution in [0.3, 0.4) is 0 Å². The van der Waals surface area contributed by atoms with E-state index in [1.54, 1.807) is 0 Å². The Hall–Kier alpha value is -6.18. The molecule has 0 aliphatic heterocycles. The van der Waals surface area contributed by atoms with Gasteiger partial charge in [0.1, 0.15) is 11.2 Å². The zero-order valence-electron chi connectivity index (χ0n) is 51.4. The highest BCUT2D eigenvalue weighted by Gasteiger charge is 2.18. The van der Waals surface area contributed by atoms with Gasteiger partial charge in [0.2, 0.25) is 0 Å². The summed E-state index contributed by atoms with van der Waals surface area (Å²) in [6.45, 7) is 0. The highest BCUT2D eigenvalue weighted by molar-refractivity contribution is 6.22. The average molecular weight is 625 g/mol. The Kier molecular flexibility index (Phi) is 2.31. The third-order valence-electron chi connectivity index (χ3n) is 7.75. The fourth-order valence-electron chi connectivity index (χ4n) is 5.75. The maximum Gasteiger partial charge on any atom is 0.143 e. The van der Waals surface area contributed by atoms with Gasteiger partial charge in [0, 0.05) is 16.2 Å². The lowest BCUT2D eigenvalue weighted by Crippen LogP contribution is -1.91. The van der Waals surface area contributed by atoms with Gasteiger partial charge in [-0.3, -0.25) is 0 Å². The van der Waals surface area contributed by atoms with E-state index in [0.29, 0.717) is 0 Å². The summed E-state index contributed by atoms with van der Waals surface area (Å²) in [6, 6.07) is -25.6. The van der Waals surface area contributed by atoms with E-state index >= 15 is 0 Å². The summed E-state index contributed by atoms with van der Waals surface area (Å²) >= 11 is 0. The summed E-state index contributed by atoms with van der Waals surface area (Å²) in [5.74, 6) is 0. The van der Waals surface area contributed by atoms with E-state index in [2.05, 4.69) is 0 Å². The second kappa shape index (κ2) is 10.2. The summed E-state index contributed by atoms with van der Waals surface area (Å²) in [4.78, 5) is 0. The molecule has 0 aliphatic carbocycles. The lowest BCUT2D eigenvalue weighted by Gasteiger charge is -2.18. The molecule has 1 heteroatoms. The number of furan rings is 1. The van der Waals surface area contributed by atoms with Gasteiger partial charge >= 0.3 is 0 Å². The second-order valence-corrected chi connectivity index (χ2v) is 10.3. The molecule has 0 aliphatic rings. The molecule has 0 fully saturated rings. The Balaban J connectivity index is 1.44. The number of hydrogen-bond donors (Lipinski definition) is 0. The van der Waals surface area contributed by atoms with Gasteiger partial charge in [-0.05, 0) is 89.2 Å². The Bertz CT molecular complexity index is 4330. The molecule has 1 nitrogen and oxygen atoms in total. The fraction of sp³-hybridized carbons (Fsp3) is 0. The minimum Gasteiger partial charge on any atom is -0.455 e. The Morgan fingerprint density at radius 1 is 0.362 bits per heavy atom. The summed E-state index contributed by atoms with van der Waals surface area (Å²) in [6.07, 6.45) is 0. The minimum absolute atomic E-state index is 0.426. The predicted octanol–water partition coefficient (Wildman–Crippen LogP) is 13.2. The first-order valence-electron chi connectivity index (χ1n) is 27.9. The van der Waals surface area contributed by atoms with Crippen LogP contribution in [0.2, 0.25) is 0 Å². The standard InChI is InChI=1S/C46H28O/c1-2-12-33-28-34(25-20-29(33)10-1)44-39-16-7-5-14-37(39)43(38-15-6-8-17-40(38)44)32-23-21-31(22-24-32)35-18-9-19-42-45(35)41-27-26-30-11-3-4-13-36(30)46(41)47-42/h1-28H/i1D,2D,3D,4D,5D,6D,7D,8D,9D,10D,11D,12D,13D,14D,15D,16D,17D,18D,19D,20D,21D,22D,23D,24D,25D,26D,27D,28D. The number of rotatable bonds is 3. The Morgan fingerprint density at radius 2 is 0.894 bits per heavy atom. The third kappa shape index (κ3) is 3.97. The number of fused-ring (bicyclic) bond motifs is 8. The van der Waals surface area contributed by atoms with Crippen LogP contribution in [0.25, 0.3) is 98.4 Å². The SMILES string of the molecule is [2H]c1c([2H])c(-c2c([2H])c([2H])c([2H])c3oc4c5c([2H])c([2H])c([2H])c([2H])c5c([2H])c([2H])c4c23)c([2H])c([2H])c1-c1c2c([2H])c([2H])c([2H])c([2H])c2c(-c2c([2H])c([2H])c3c([2H])c([2H])c([2H])c([2H])c3c2[2H])c2c([2H])c([2H])c([2H])c([2H])c12. The first-order valence-corrected chi connectivity index (χ1v) is 13.9. The van der Waals surface area contributed by atoms with E-state index in [1.165, 1.54) is 0 Å². The van der Waals surface area contributed by atoms with Gasteiger partial charge in [-0.1, -0.05) is 151 Å². The normalized spacial score (nSPS) is 20.2. The van der Waals surface area contributed by atoms with Crippen molar-refractivity contribution in [3.05, 3.63) is 169 Å². The maximum absolute atomic E-state index is 9.67. The van der Waals surface area contributed by atoms with E-state index in [4.69, 9.17) is 27.7 Å². The molecule has 0 radical (unpaired) electrons. The number of benzene rings is 9. The zero-order chi connectivity index (χ0) is 55.3. The highest BCUT2D eigenvalue weighted by atomic mass is 16.3. The summed E-state index contributed by atoms with van der Waals surface area (Å²) in [5, 5.41) is -6.02. The Morgan fingerprint density at radius 3 is 1.60 bits per heavy atom. The van der Waals surface area contributed by atoms with Crippen LogP contribution < -0.4 is 0 Å². The molecule has 1 heterocycles. The lowest BCUT2D eigenvalue weighted by atomic mass is 9.85. The van der Waals surface area contributed by atoms with E-state index in [1.807, 2.05) is 0 Å². The van der Waals surface area contributed by atoms with Gasteiger partial charge in [-0.25, -0.2) is 0 Å². The smallest absolute Gasteiger partial charge is 0.143 e. The van der Waals surface area contributed by atoms with Crippen LogP contribution in [-0.4, -0.2) is 0 Å². The van der Waals surface area contributed by atoms with Gasteiger partial charge in [0.05, 0.1) is 38.4 Å². The van der Waals surface area contributed by atoms with Crippen molar-refractivity contribution in [3.63, 3.8) is 0 Å². The number of hydrogen-bond acceptors (Lipinski definition) is 1. The summed E-state index contributed by atoms with van der Waals surface area (Å²) < 4.78 is 258. The van der Waals surface area contributed by atoms with Crippen LogP contribution >= 0.6 is 0 Å². The molecule has 0 saturated heterocycles. The molecule has 0 bridgehead atoms. The first kappa shape index (κ1) is 10.7. The van der Waals surface area contributed by atoms with Crippen molar-refractivity contribution in [2.45, 2.75) is 0 Å². The summed E-state index contributed by atoms with van der Waals surface area (Å²) in [5.41, 5.74) is -5.74. The van der Waals surface area contributed by atoms with Crippen LogP contribution in [-0.2, 0) is 0 Å². The fourth-order valence-corrected chi connectivity index (χ4v) is 5.75. The van der Waals surface area contributed by atoms with Crippen molar-refractivity contribution in [1.29, 1.82) is 0 Å². The Labute approximate surface area is 311 Å². The quantitative estimate of drug-likeness (QED) is 0.178. The van der Waals surface area contributed by atoms with Crippen molar-refractivity contribution < 1.29 is 42.8 Å². The molecule has 0 atom stereocenters. The van der Waals surface area contributed by atoms with Gasteiger partial charge in [-0.15, -0.1) is 0 Å². The van der Waals surface area contributed by atoms with Crippen molar-refractivity contribution in [1.82, 2.24) is 0 Å². The second-order valence-electron chi connectivity index (χ2n) is 10.3. The van der Waals surface area contributed by atoms with Crippen LogP contribution in [0, 0.1) is 0 Å². The van der Waals surface area contributed by atoms with Crippen LogP contribution in [0.5, 0.6) is 0 Å². The van der Waals surface area contributed by atoms with E-state index in [0.717, 1.165) is 0 Å². The van der Waals surface area contributed by atoms with Gasteiger partial charge in [0.15, 0.2) is 0 Å². The zero-order valence-corrected chi connectivity index (χ0v) is 23.4. The van der Waals surface area contributed by atoms with E-state index in [9.17, 15) is 15.1 Å². The molecule has 218 valence electrons. The van der Waals surface area contributed by atoms with Crippen molar-refractivity contribution >= 4 is 65.0 Å². The topological polar surface area (TPSA) is 13.1 Å². The molecule has 0 amide bonds. The third-order valence-corrected chi connectivity index (χ3v) is 7.75.